The number of hydrogen-bond donors (Lipinski definition) is 0. The second-order valence-corrected chi connectivity index (χ2v) is 5.61. The zero-order valence-corrected chi connectivity index (χ0v) is 17.9. The molecule has 93 valence electrons. The largest absolute Gasteiger partial charge is 1.00 e. The molecule has 0 saturated carbocycles. The Kier molecular flexibility index (Phi) is 22.6. The quantitative estimate of drug-likeness (QED) is 0.219. The molecule has 0 spiro atoms. The Hall–Kier alpha value is 2.34. The molecule has 0 amide bonds. The fourth-order valence-corrected chi connectivity index (χ4v) is 3.41. The minimum atomic E-state index is 0. The summed E-state index contributed by atoms with van der Waals surface area (Å²) >= 11 is 0.203. The van der Waals surface area contributed by atoms with E-state index in [1.807, 2.05) is 0 Å². The molecule has 0 aromatic rings. The van der Waals surface area contributed by atoms with E-state index in [1.54, 1.807) is 3.88 Å². The van der Waals surface area contributed by atoms with Gasteiger partial charge in [0.2, 0.25) is 0 Å². The standard InChI is InChI=1S/C6H14N.C5H5.3HI.Ti/c1-4-7(5-2)6-3;1-2-4-5-3-1;;;;/h1,4-6H2,2-3H3;1-3H,4H2;3*1H;/q;;;;;+3/p-3. The first-order valence-electron chi connectivity index (χ1n) is 5.18. The van der Waals surface area contributed by atoms with Crippen molar-refractivity contribution in [3.8, 4) is 0 Å². The van der Waals surface area contributed by atoms with E-state index in [-0.39, 0.29) is 91.1 Å². The van der Waals surface area contributed by atoms with Crippen molar-refractivity contribution in [2.45, 2.75) is 25.0 Å². The van der Waals surface area contributed by atoms with E-state index >= 15 is 0 Å². The van der Waals surface area contributed by atoms with Crippen LogP contribution in [-0.4, -0.2) is 24.5 Å². The predicted octanol–water partition coefficient (Wildman–Crippen LogP) is -6.32. The summed E-state index contributed by atoms with van der Waals surface area (Å²) in [4.78, 5) is 2.52. The van der Waals surface area contributed by atoms with Crippen LogP contribution in [0.3, 0.4) is 0 Å². The van der Waals surface area contributed by atoms with E-state index in [2.05, 4.69) is 37.0 Å². The van der Waals surface area contributed by atoms with Crippen molar-refractivity contribution in [1.82, 2.24) is 4.90 Å². The van der Waals surface area contributed by atoms with Crippen LogP contribution < -0.4 is 71.9 Å². The molecule has 0 aliphatic heterocycles. The minimum absolute atomic E-state index is 0. The summed E-state index contributed by atoms with van der Waals surface area (Å²) in [6, 6.07) is 0. The first-order chi connectivity index (χ1) is 6.36. The molecule has 0 bridgehead atoms. The molecule has 0 fully saturated rings. The molecule has 0 saturated heterocycles. The van der Waals surface area contributed by atoms with Gasteiger partial charge in [-0.3, -0.25) is 0 Å². The van der Waals surface area contributed by atoms with Crippen molar-refractivity contribution in [2.24, 2.45) is 0 Å². The summed E-state index contributed by atoms with van der Waals surface area (Å²) in [5.41, 5.74) is 0. The first kappa shape index (κ1) is 23.4. The molecule has 0 aromatic heterocycles. The molecule has 1 rings (SSSR count). The average Bonchev–Trinajstić information content (AvgIpc) is 2.65. The molecule has 0 N–H and O–H groups in total. The molecule has 0 radical (unpaired) electrons. The third-order valence-corrected chi connectivity index (χ3v) is 4.47. The van der Waals surface area contributed by atoms with Gasteiger partial charge in [0, 0.05) is 0 Å². The molecule has 16 heavy (non-hydrogen) atoms. The van der Waals surface area contributed by atoms with Crippen molar-refractivity contribution in [3.05, 3.63) is 22.1 Å². The van der Waals surface area contributed by atoms with E-state index in [4.69, 9.17) is 0 Å². The van der Waals surface area contributed by atoms with Crippen molar-refractivity contribution in [1.29, 1.82) is 0 Å². The van der Waals surface area contributed by atoms with Gasteiger partial charge in [-0.05, 0) is 0 Å². The predicted molar refractivity (Wildman–Crippen MR) is 54.4 cm³/mol. The van der Waals surface area contributed by atoms with Crippen molar-refractivity contribution in [3.63, 3.8) is 0 Å². The smallest absolute Gasteiger partial charge is 1.00 e. The van der Waals surface area contributed by atoms with Gasteiger partial charge in [0.25, 0.3) is 0 Å². The van der Waals surface area contributed by atoms with Gasteiger partial charge in [0.15, 0.2) is 0 Å². The molecule has 5 heteroatoms. The van der Waals surface area contributed by atoms with Gasteiger partial charge in [-0.2, -0.15) is 0 Å². The third-order valence-electron chi connectivity index (χ3n) is 2.45. The number of hydrogen-bond acceptors (Lipinski definition) is 1. The van der Waals surface area contributed by atoms with Gasteiger partial charge in [0.05, 0.1) is 0 Å². The molecular formula is C11H19I3NTi. The summed E-state index contributed by atoms with van der Waals surface area (Å²) < 4.78 is 3.17. The topological polar surface area (TPSA) is 3.24 Å². The van der Waals surface area contributed by atoms with Crippen molar-refractivity contribution in [2.75, 3.05) is 19.6 Å². The zero-order chi connectivity index (χ0) is 9.52. The summed E-state index contributed by atoms with van der Waals surface area (Å²) in [7, 11) is 0. The fourth-order valence-electron chi connectivity index (χ4n) is 1.49. The SMILES string of the molecule is CCN(CC)C[CH2][Ti+3][C]1=CC=CC1.[I-].[I-].[I-]. The number of allylic oxidation sites excluding steroid dienone is 4. The van der Waals surface area contributed by atoms with Crippen LogP contribution in [0.2, 0.25) is 4.73 Å². The van der Waals surface area contributed by atoms with Crippen molar-refractivity contribution < 1.29 is 91.1 Å². The maximum Gasteiger partial charge on any atom is -1.00 e. The molecule has 0 atom stereocenters. The summed E-state index contributed by atoms with van der Waals surface area (Å²) in [5.74, 6) is 0. The number of rotatable bonds is 6. The van der Waals surface area contributed by atoms with Crippen LogP contribution in [0.1, 0.15) is 20.3 Å². The van der Waals surface area contributed by atoms with E-state index < -0.39 is 0 Å². The van der Waals surface area contributed by atoms with E-state index in [0.717, 1.165) is 0 Å². The Morgan fingerprint density at radius 2 is 1.81 bits per heavy atom. The Bertz CT molecular complexity index is 203. The van der Waals surface area contributed by atoms with Gasteiger partial charge in [-0.25, -0.2) is 0 Å². The summed E-state index contributed by atoms with van der Waals surface area (Å²) in [5, 5.41) is 0. The second-order valence-electron chi connectivity index (χ2n) is 3.28. The molecule has 0 unspecified atom stereocenters. The number of nitrogens with zero attached hydrogens (tertiary/aromatic N) is 1. The van der Waals surface area contributed by atoms with Gasteiger partial charge in [-0.1, -0.05) is 0 Å². The summed E-state index contributed by atoms with van der Waals surface area (Å²) in [6.45, 7) is 8.23. The van der Waals surface area contributed by atoms with Crippen LogP contribution in [0.25, 0.3) is 0 Å². The Labute approximate surface area is 160 Å². The molecule has 0 aromatic carbocycles. The second kappa shape index (κ2) is 15.4. The van der Waals surface area contributed by atoms with Crippen LogP contribution in [0, 0.1) is 0 Å². The van der Waals surface area contributed by atoms with Gasteiger partial charge in [-0.15, -0.1) is 0 Å². The van der Waals surface area contributed by atoms with Crippen LogP contribution in [0.5, 0.6) is 0 Å². The monoisotopic (exact) mass is 594 g/mol. The maximum absolute atomic E-state index is 2.52. The average molecular weight is 594 g/mol. The molecule has 0 heterocycles. The van der Waals surface area contributed by atoms with Crippen LogP contribution in [0.15, 0.2) is 22.1 Å². The Balaban J connectivity index is -0.000000563. The van der Waals surface area contributed by atoms with Gasteiger partial charge >= 0.3 is 90.8 Å². The summed E-state index contributed by atoms with van der Waals surface area (Å²) in [6.07, 6.45) is 8.05. The number of halogens is 3. The zero-order valence-electron chi connectivity index (χ0n) is 9.85. The van der Waals surface area contributed by atoms with Crippen LogP contribution >= 0.6 is 0 Å². The van der Waals surface area contributed by atoms with Gasteiger partial charge in [0.1, 0.15) is 0 Å². The first-order valence-corrected chi connectivity index (χ1v) is 7.07. The molecule has 1 aliphatic rings. The van der Waals surface area contributed by atoms with Crippen molar-refractivity contribution >= 4 is 0 Å². The van der Waals surface area contributed by atoms with Gasteiger partial charge < -0.3 is 71.9 Å². The molecular weight excluding hydrogens is 575 g/mol. The minimum Gasteiger partial charge on any atom is -1.00 e. The van der Waals surface area contributed by atoms with E-state index in [1.165, 1.54) is 30.8 Å². The third kappa shape index (κ3) is 10.3. The maximum atomic E-state index is 2.52. The molecule has 1 aliphatic carbocycles. The van der Waals surface area contributed by atoms with Crippen LogP contribution in [0.4, 0.5) is 0 Å². The fraction of sp³-hybridized carbons (Fsp3) is 0.636. The Morgan fingerprint density at radius 3 is 2.25 bits per heavy atom. The normalized spacial score (nSPS) is 12.1. The van der Waals surface area contributed by atoms with Crippen LogP contribution in [-0.2, 0) is 19.2 Å². The van der Waals surface area contributed by atoms with E-state index in [9.17, 15) is 0 Å². The molecule has 1 nitrogen and oxygen atoms in total. The van der Waals surface area contributed by atoms with E-state index in [0.29, 0.717) is 0 Å². The Morgan fingerprint density at radius 1 is 1.19 bits per heavy atom.